The molecule has 24 heavy (non-hydrogen) atoms. The number of anilines is 1. The quantitative estimate of drug-likeness (QED) is 0.909. The van der Waals surface area contributed by atoms with Gasteiger partial charge in [-0.3, -0.25) is 9.59 Å². The molecule has 0 spiro atoms. The van der Waals surface area contributed by atoms with Crippen molar-refractivity contribution in [2.75, 3.05) is 5.32 Å². The average Bonchev–Trinajstić information content (AvgIpc) is 2.57. The lowest BCUT2D eigenvalue weighted by atomic mass is 10.1. The summed E-state index contributed by atoms with van der Waals surface area (Å²) in [7, 11) is 0. The Kier molecular flexibility index (Phi) is 4.51. The molecule has 1 aliphatic heterocycles. The SMILES string of the molecule is CC1Oc2ccc(CC(=O)NC(C)c3ccccc3)cc2NC1=O. The smallest absolute Gasteiger partial charge is 0.265 e. The Bertz CT molecular complexity index is 758. The van der Waals surface area contributed by atoms with Crippen LogP contribution in [-0.4, -0.2) is 17.9 Å². The first kappa shape index (κ1) is 16.1. The summed E-state index contributed by atoms with van der Waals surface area (Å²) in [5, 5.41) is 5.78. The van der Waals surface area contributed by atoms with Crippen LogP contribution in [0.2, 0.25) is 0 Å². The highest BCUT2D eigenvalue weighted by Crippen LogP contribution is 2.30. The van der Waals surface area contributed by atoms with Gasteiger partial charge in [-0.25, -0.2) is 0 Å². The van der Waals surface area contributed by atoms with Crippen LogP contribution in [0.4, 0.5) is 5.69 Å². The van der Waals surface area contributed by atoms with Gasteiger partial charge >= 0.3 is 0 Å². The van der Waals surface area contributed by atoms with E-state index in [0.717, 1.165) is 11.1 Å². The molecule has 0 aromatic heterocycles. The maximum Gasteiger partial charge on any atom is 0.265 e. The van der Waals surface area contributed by atoms with Crippen molar-refractivity contribution in [1.29, 1.82) is 0 Å². The molecule has 2 N–H and O–H groups in total. The van der Waals surface area contributed by atoms with Gasteiger partial charge in [0.1, 0.15) is 5.75 Å². The molecule has 2 aromatic rings. The minimum atomic E-state index is -0.502. The molecule has 1 heterocycles. The largest absolute Gasteiger partial charge is 0.479 e. The van der Waals surface area contributed by atoms with Crippen LogP contribution in [0.15, 0.2) is 48.5 Å². The van der Waals surface area contributed by atoms with Crippen molar-refractivity contribution in [1.82, 2.24) is 5.32 Å². The Hall–Kier alpha value is -2.82. The molecule has 0 radical (unpaired) electrons. The second-order valence-corrected chi connectivity index (χ2v) is 5.96. The summed E-state index contributed by atoms with van der Waals surface area (Å²) in [5.74, 6) is 0.383. The minimum Gasteiger partial charge on any atom is -0.479 e. The highest BCUT2D eigenvalue weighted by molar-refractivity contribution is 5.97. The highest BCUT2D eigenvalue weighted by Gasteiger charge is 2.23. The van der Waals surface area contributed by atoms with Crippen molar-refractivity contribution in [3.63, 3.8) is 0 Å². The maximum atomic E-state index is 12.3. The van der Waals surface area contributed by atoms with Gasteiger partial charge in [-0.15, -0.1) is 0 Å². The fourth-order valence-corrected chi connectivity index (χ4v) is 2.67. The van der Waals surface area contributed by atoms with Crippen LogP contribution in [0.1, 0.15) is 31.0 Å². The van der Waals surface area contributed by atoms with E-state index in [9.17, 15) is 9.59 Å². The van der Waals surface area contributed by atoms with Crippen molar-refractivity contribution >= 4 is 17.5 Å². The Morgan fingerprint density at radius 3 is 2.75 bits per heavy atom. The molecule has 2 unspecified atom stereocenters. The number of ether oxygens (including phenoxy) is 1. The molecule has 0 saturated carbocycles. The molecule has 2 amide bonds. The fourth-order valence-electron chi connectivity index (χ4n) is 2.67. The van der Waals surface area contributed by atoms with Crippen molar-refractivity contribution in [2.45, 2.75) is 32.4 Å². The van der Waals surface area contributed by atoms with Gasteiger partial charge in [-0.1, -0.05) is 36.4 Å². The molecule has 0 fully saturated rings. The van der Waals surface area contributed by atoms with Crippen LogP contribution in [-0.2, 0) is 16.0 Å². The van der Waals surface area contributed by atoms with Gasteiger partial charge in [-0.05, 0) is 37.1 Å². The second-order valence-electron chi connectivity index (χ2n) is 5.96. The Balaban J connectivity index is 1.65. The number of carbonyl (C=O) groups excluding carboxylic acids is 2. The van der Waals surface area contributed by atoms with Gasteiger partial charge in [0.25, 0.3) is 5.91 Å². The summed E-state index contributed by atoms with van der Waals surface area (Å²) in [4.78, 5) is 23.9. The Labute approximate surface area is 141 Å². The molecule has 0 bridgehead atoms. The summed E-state index contributed by atoms with van der Waals surface area (Å²) < 4.78 is 5.51. The van der Waals surface area contributed by atoms with Gasteiger partial charge in [0.15, 0.2) is 6.10 Å². The summed E-state index contributed by atoms with van der Waals surface area (Å²) >= 11 is 0. The number of benzene rings is 2. The monoisotopic (exact) mass is 324 g/mol. The van der Waals surface area contributed by atoms with Crippen LogP contribution < -0.4 is 15.4 Å². The summed E-state index contributed by atoms with van der Waals surface area (Å²) in [6.07, 6.45) is -0.256. The summed E-state index contributed by atoms with van der Waals surface area (Å²) in [6.45, 7) is 3.65. The number of carbonyl (C=O) groups is 2. The van der Waals surface area contributed by atoms with Crippen LogP contribution >= 0.6 is 0 Å². The van der Waals surface area contributed by atoms with Gasteiger partial charge in [0.05, 0.1) is 18.2 Å². The first-order valence-electron chi connectivity index (χ1n) is 7.97. The van der Waals surface area contributed by atoms with E-state index in [0.29, 0.717) is 11.4 Å². The zero-order valence-electron chi connectivity index (χ0n) is 13.7. The number of fused-ring (bicyclic) bond motifs is 1. The molecule has 1 aliphatic rings. The first-order chi connectivity index (χ1) is 11.5. The molecule has 5 nitrogen and oxygen atoms in total. The molecular weight excluding hydrogens is 304 g/mol. The number of hydrogen-bond acceptors (Lipinski definition) is 3. The van der Waals surface area contributed by atoms with E-state index in [4.69, 9.17) is 4.74 Å². The summed E-state index contributed by atoms with van der Waals surface area (Å²) in [5.41, 5.74) is 2.50. The molecule has 2 aromatic carbocycles. The number of nitrogens with one attached hydrogen (secondary N) is 2. The van der Waals surface area contributed by atoms with Crippen molar-refractivity contribution < 1.29 is 14.3 Å². The Morgan fingerprint density at radius 1 is 1.25 bits per heavy atom. The predicted octanol–water partition coefficient (Wildman–Crippen LogP) is 2.83. The second kappa shape index (κ2) is 6.74. The van der Waals surface area contributed by atoms with E-state index in [1.807, 2.05) is 43.3 Å². The van der Waals surface area contributed by atoms with Crippen LogP contribution in [0.25, 0.3) is 0 Å². The van der Waals surface area contributed by atoms with E-state index >= 15 is 0 Å². The lowest BCUT2D eigenvalue weighted by Gasteiger charge is -2.23. The van der Waals surface area contributed by atoms with Crippen LogP contribution in [0.5, 0.6) is 5.75 Å². The van der Waals surface area contributed by atoms with Crippen LogP contribution in [0, 0.1) is 0 Å². The van der Waals surface area contributed by atoms with Gasteiger partial charge < -0.3 is 15.4 Å². The predicted molar refractivity (Wildman–Crippen MR) is 91.9 cm³/mol. The van der Waals surface area contributed by atoms with E-state index < -0.39 is 6.10 Å². The van der Waals surface area contributed by atoms with Crippen LogP contribution in [0.3, 0.4) is 0 Å². The molecule has 0 aliphatic carbocycles. The van der Waals surface area contributed by atoms with E-state index in [2.05, 4.69) is 10.6 Å². The number of amides is 2. The molecular formula is C19H20N2O3. The molecule has 124 valence electrons. The first-order valence-corrected chi connectivity index (χ1v) is 7.97. The highest BCUT2D eigenvalue weighted by atomic mass is 16.5. The third-order valence-electron chi connectivity index (χ3n) is 4.02. The maximum absolute atomic E-state index is 12.3. The normalized spacial score (nSPS) is 17.2. The molecule has 5 heteroatoms. The Morgan fingerprint density at radius 2 is 2.00 bits per heavy atom. The van der Waals surface area contributed by atoms with Crippen molar-refractivity contribution in [2.24, 2.45) is 0 Å². The minimum absolute atomic E-state index is 0.0554. The van der Waals surface area contributed by atoms with E-state index in [1.165, 1.54) is 0 Å². The number of hydrogen-bond donors (Lipinski definition) is 2. The standard InChI is InChI=1S/C19H20N2O3/c1-12(15-6-4-3-5-7-15)20-18(22)11-14-8-9-17-16(10-14)21-19(23)13(2)24-17/h3-10,12-13H,11H2,1-2H3,(H,20,22)(H,21,23). The summed E-state index contributed by atoms with van der Waals surface area (Å²) in [6, 6.07) is 15.2. The lowest BCUT2D eigenvalue weighted by Crippen LogP contribution is -2.34. The van der Waals surface area contributed by atoms with Gasteiger partial charge in [-0.2, -0.15) is 0 Å². The average molecular weight is 324 g/mol. The number of rotatable bonds is 4. The lowest BCUT2D eigenvalue weighted by molar-refractivity contribution is -0.122. The fraction of sp³-hybridized carbons (Fsp3) is 0.263. The third-order valence-corrected chi connectivity index (χ3v) is 4.02. The zero-order valence-corrected chi connectivity index (χ0v) is 13.7. The zero-order chi connectivity index (χ0) is 17.1. The van der Waals surface area contributed by atoms with Gasteiger partial charge in [0, 0.05) is 0 Å². The van der Waals surface area contributed by atoms with E-state index in [1.54, 1.807) is 19.1 Å². The van der Waals surface area contributed by atoms with E-state index in [-0.39, 0.29) is 24.3 Å². The molecule has 2 atom stereocenters. The van der Waals surface area contributed by atoms with Crippen molar-refractivity contribution in [3.8, 4) is 5.75 Å². The van der Waals surface area contributed by atoms with Gasteiger partial charge in [0.2, 0.25) is 5.91 Å². The van der Waals surface area contributed by atoms with Crippen molar-refractivity contribution in [3.05, 3.63) is 59.7 Å². The molecule has 3 rings (SSSR count). The third kappa shape index (κ3) is 3.56. The topological polar surface area (TPSA) is 67.4 Å². The molecule has 0 saturated heterocycles.